The zero-order valence-corrected chi connectivity index (χ0v) is 8.49. The molecular weight excluding hydrogens is 186 g/mol. The molecule has 0 radical (unpaired) electrons. The van der Waals surface area contributed by atoms with Crippen LogP contribution in [0.2, 0.25) is 0 Å². The van der Waals surface area contributed by atoms with Crippen molar-refractivity contribution in [2.75, 3.05) is 0 Å². The van der Waals surface area contributed by atoms with Crippen LogP contribution in [0, 0.1) is 0 Å². The number of amides is 1. The molecule has 0 spiro atoms. The minimum Gasteiger partial charge on any atom is -0.349 e. The highest BCUT2D eigenvalue weighted by Crippen LogP contribution is 2.31. The van der Waals surface area contributed by atoms with Crippen molar-refractivity contribution in [3.8, 4) is 0 Å². The van der Waals surface area contributed by atoms with Gasteiger partial charge in [-0.05, 0) is 36.5 Å². The number of carbonyl (C=O) groups excluding carboxylic acids is 1. The van der Waals surface area contributed by atoms with E-state index in [0.29, 0.717) is 6.04 Å². The molecule has 1 fully saturated rings. The van der Waals surface area contributed by atoms with E-state index in [1.165, 1.54) is 6.42 Å². The second-order valence-electron chi connectivity index (χ2n) is 4.24. The van der Waals surface area contributed by atoms with Gasteiger partial charge in [-0.25, -0.2) is 0 Å². The molecule has 0 atom stereocenters. The van der Waals surface area contributed by atoms with Crippen molar-refractivity contribution in [3.05, 3.63) is 47.1 Å². The Morgan fingerprint density at radius 2 is 2.13 bits per heavy atom. The van der Waals surface area contributed by atoms with Crippen molar-refractivity contribution in [3.63, 3.8) is 0 Å². The molecule has 0 aliphatic heterocycles. The summed E-state index contributed by atoms with van der Waals surface area (Å²) in [6, 6.07) is 0.414. The van der Waals surface area contributed by atoms with Crippen molar-refractivity contribution in [1.82, 2.24) is 5.32 Å². The summed E-state index contributed by atoms with van der Waals surface area (Å²) in [5.74, 6) is 0.0842. The van der Waals surface area contributed by atoms with Gasteiger partial charge >= 0.3 is 0 Å². The van der Waals surface area contributed by atoms with Crippen LogP contribution in [-0.4, -0.2) is 11.9 Å². The van der Waals surface area contributed by atoms with Gasteiger partial charge in [-0.3, -0.25) is 4.79 Å². The molecule has 0 heterocycles. The normalized spacial score (nSPS) is 22.8. The maximum atomic E-state index is 11.9. The molecule has 15 heavy (non-hydrogen) atoms. The van der Waals surface area contributed by atoms with Gasteiger partial charge in [0.05, 0.1) is 0 Å². The Hall–Kier alpha value is -1.57. The summed E-state index contributed by atoms with van der Waals surface area (Å²) >= 11 is 0. The van der Waals surface area contributed by atoms with Gasteiger partial charge in [0.1, 0.15) is 0 Å². The predicted molar refractivity (Wildman–Crippen MR) is 59.2 cm³/mol. The average Bonchev–Trinajstić information content (AvgIpc) is 2.71. The fourth-order valence-electron chi connectivity index (χ4n) is 2.10. The number of carbonyl (C=O) groups is 1. The summed E-state index contributed by atoms with van der Waals surface area (Å²) < 4.78 is 0. The van der Waals surface area contributed by atoms with E-state index in [1.807, 2.05) is 30.4 Å². The highest BCUT2D eigenvalue weighted by molar-refractivity contribution is 6.02. The highest BCUT2D eigenvalue weighted by atomic mass is 16.1. The molecule has 3 aliphatic carbocycles. The van der Waals surface area contributed by atoms with Crippen LogP contribution in [-0.2, 0) is 4.79 Å². The van der Waals surface area contributed by atoms with Gasteiger partial charge in [0, 0.05) is 11.6 Å². The molecule has 0 saturated heterocycles. The number of hydrogen-bond acceptors (Lipinski definition) is 1. The highest BCUT2D eigenvalue weighted by Gasteiger charge is 2.25. The van der Waals surface area contributed by atoms with E-state index < -0.39 is 0 Å². The van der Waals surface area contributed by atoms with Crippen molar-refractivity contribution < 1.29 is 4.79 Å². The molecule has 76 valence electrons. The van der Waals surface area contributed by atoms with Crippen LogP contribution in [0.15, 0.2) is 47.1 Å². The van der Waals surface area contributed by atoms with Crippen LogP contribution < -0.4 is 5.32 Å². The monoisotopic (exact) mass is 199 g/mol. The molecule has 0 aromatic heterocycles. The Balaban J connectivity index is 1.71. The first kappa shape index (κ1) is 8.72. The lowest BCUT2D eigenvalue weighted by atomic mass is 9.92. The van der Waals surface area contributed by atoms with Crippen LogP contribution in [0.3, 0.4) is 0 Å². The van der Waals surface area contributed by atoms with Crippen molar-refractivity contribution >= 4 is 5.91 Å². The molecule has 1 N–H and O–H groups in total. The van der Waals surface area contributed by atoms with E-state index in [0.717, 1.165) is 29.6 Å². The maximum Gasteiger partial charge on any atom is 0.252 e. The summed E-state index contributed by atoms with van der Waals surface area (Å²) in [4.78, 5) is 11.9. The second kappa shape index (κ2) is 3.23. The molecule has 0 aromatic carbocycles. The lowest BCUT2D eigenvalue weighted by Crippen LogP contribution is -2.40. The fourth-order valence-corrected chi connectivity index (χ4v) is 2.10. The molecule has 0 bridgehead atoms. The molecule has 3 aliphatic rings. The first-order valence-electron chi connectivity index (χ1n) is 5.46. The van der Waals surface area contributed by atoms with E-state index in [-0.39, 0.29) is 5.91 Å². The standard InChI is InChI=1S/C13H13NO/c15-13(14-10-4-2-5-10)12-8-7-9-3-1-6-11(9)12/h1,3,6-8,10H,2,4-5H2,(H,14,15). The molecule has 2 heteroatoms. The Morgan fingerprint density at radius 1 is 1.27 bits per heavy atom. The number of rotatable bonds is 2. The summed E-state index contributed by atoms with van der Waals surface area (Å²) in [5, 5.41) is 3.06. The van der Waals surface area contributed by atoms with Gasteiger partial charge in [-0.15, -0.1) is 0 Å². The van der Waals surface area contributed by atoms with Crippen LogP contribution in [0.4, 0.5) is 0 Å². The van der Waals surface area contributed by atoms with Crippen molar-refractivity contribution in [2.24, 2.45) is 0 Å². The lowest BCUT2D eigenvalue weighted by molar-refractivity contribution is -0.118. The third-order valence-electron chi connectivity index (χ3n) is 3.25. The SMILES string of the molecule is O=C(NC1CCC1)C1=CC=C2C=CC=C21. The Morgan fingerprint density at radius 3 is 2.87 bits per heavy atom. The predicted octanol–water partition coefficient (Wildman–Crippen LogP) is 2.02. The third kappa shape index (κ3) is 1.37. The number of hydrogen-bond donors (Lipinski definition) is 1. The summed E-state index contributed by atoms with van der Waals surface area (Å²) in [6.45, 7) is 0. The zero-order chi connectivity index (χ0) is 10.3. The number of nitrogens with one attached hydrogen (secondary N) is 1. The maximum absolute atomic E-state index is 11.9. The molecule has 1 amide bonds. The van der Waals surface area contributed by atoms with Crippen molar-refractivity contribution in [1.29, 1.82) is 0 Å². The summed E-state index contributed by atoms with van der Waals surface area (Å²) in [7, 11) is 0. The second-order valence-corrected chi connectivity index (χ2v) is 4.24. The molecule has 2 nitrogen and oxygen atoms in total. The Kier molecular flexibility index (Phi) is 1.88. The largest absolute Gasteiger partial charge is 0.349 e. The van der Waals surface area contributed by atoms with Gasteiger partial charge in [0.2, 0.25) is 0 Å². The number of allylic oxidation sites excluding steroid dienone is 6. The smallest absolute Gasteiger partial charge is 0.252 e. The Labute approximate surface area is 89.1 Å². The van der Waals surface area contributed by atoms with Crippen LogP contribution in [0.25, 0.3) is 0 Å². The third-order valence-corrected chi connectivity index (χ3v) is 3.25. The first-order valence-corrected chi connectivity index (χ1v) is 5.46. The van der Waals surface area contributed by atoms with Crippen molar-refractivity contribution in [2.45, 2.75) is 25.3 Å². The minimum absolute atomic E-state index is 0.0842. The Bertz CT molecular complexity index is 433. The van der Waals surface area contributed by atoms with Crippen LogP contribution >= 0.6 is 0 Å². The van der Waals surface area contributed by atoms with Crippen LogP contribution in [0.1, 0.15) is 19.3 Å². The fraction of sp³-hybridized carbons (Fsp3) is 0.308. The van der Waals surface area contributed by atoms with Gasteiger partial charge in [-0.1, -0.05) is 24.3 Å². The molecule has 3 rings (SSSR count). The average molecular weight is 199 g/mol. The molecule has 0 aromatic rings. The topological polar surface area (TPSA) is 29.1 Å². The first-order chi connectivity index (χ1) is 7.34. The molecule has 1 saturated carbocycles. The molecular formula is C13H13NO. The van der Waals surface area contributed by atoms with E-state index in [4.69, 9.17) is 0 Å². The summed E-state index contributed by atoms with van der Waals surface area (Å²) in [6.07, 6.45) is 13.5. The van der Waals surface area contributed by atoms with Gasteiger partial charge < -0.3 is 5.32 Å². The van der Waals surface area contributed by atoms with E-state index in [2.05, 4.69) is 5.32 Å². The van der Waals surface area contributed by atoms with Gasteiger partial charge in [0.25, 0.3) is 5.91 Å². The van der Waals surface area contributed by atoms with E-state index in [1.54, 1.807) is 0 Å². The van der Waals surface area contributed by atoms with E-state index in [9.17, 15) is 4.79 Å². The molecule has 0 unspecified atom stereocenters. The number of fused-ring (bicyclic) bond motifs is 1. The van der Waals surface area contributed by atoms with E-state index >= 15 is 0 Å². The lowest BCUT2D eigenvalue weighted by Gasteiger charge is -2.26. The van der Waals surface area contributed by atoms with Crippen LogP contribution in [0.5, 0.6) is 0 Å². The zero-order valence-electron chi connectivity index (χ0n) is 8.49. The van der Waals surface area contributed by atoms with Gasteiger partial charge in [-0.2, -0.15) is 0 Å². The minimum atomic E-state index is 0.0842. The summed E-state index contributed by atoms with van der Waals surface area (Å²) in [5.41, 5.74) is 3.06. The van der Waals surface area contributed by atoms with Gasteiger partial charge in [0.15, 0.2) is 0 Å². The quantitative estimate of drug-likeness (QED) is 0.724.